The van der Waals surface area contributed by atoms with E-state index in [0.717, 1.165) is 11.0 Å². The van der Waals surface area contributed by atoms with Gasteiger partial charge in [-0.1, -0.05) is 7.43 Å². The Kier molecular flexibility index (Phi) is 5.27. The van der Waals surface area contributed by atoms with E-state index in [4.69, 9.17) is 6.42 Å². The molecule has 0 aliphatic rings. The van der Waals surface area contributed by atoms with Crippen LogP contribution in [0.15, 0.2) is 36.9 Å². The maximum Gasteiger partial charge on any atom is 0.300 e. The highest BCUT2D eigenvalue weighted by Crippen LogP contribution is 2.22. The number of anilines is 2. The molecule has 3 aromatic rings. The number of imidazole rings is 1. The van der Waals surface area contributed by atoms with Crippen LogP contribution in [0.25, 0.3) is 16.9 Å². The predicted octanol–water partition coefficient (Wildman–Crippen LogP) is 3.23. The Hall–Kier alpha value is -3.40. The Balaban J connectivity index is 0.00000243. The number of rotatable bonds is 3. The number of carbonyl (C=O) groups excluding carboxylic acids is 1. The van der Waals surface area contributed by atoms with Crippen LogP contribution in [-0.4, -0.2) is 31.0 Å². The Bertz CT molecular complexity index is 978. The Morgan fingerprint density at radius 3 is 2.73 bits per heavy atom. The van der Waals surface area contributed by atoms with Gasteiger partial charge in [0.1, 0.15) is 12.1 Å². The Labute approximate surface area is 152 Å². The third kappa shape index (κ3) is 4.16. The minimum Gasteiger partial charge on any atom is -0.364 e. The molecule has 0 saturated carbocycles. The lowest BCUT2D eigenvalue weighted by Gasteiger charge is -2.21. The van der Waals surface area contributed by atoms with Crippen LogP contribution in [-0.2, 0) is 4.79 Å². The summed E-state index contributed by atoms with van der Waals surface area (Å²) in [4.78, 5) is 24.6. The molecule has 0 spiro atoms. The molecule has 0 unspecified atom stereocenters. The van der Waals surface area contributed by atoms with Crippen molar-refractivity contribution in [3.05, 3.63) is 36.9 Å². The van der Waals surface area contributed by atoms with Crippen molar-refractivity contribution in [2.75, 3.05) is 10.6 Å². The monoisotopic (exact) mass is 350 g/mol. The van der Waals surface area contributed by atoms with Crippen molar-refractivity contribution in [3.63, 3.8) is 0 Å². The van der Waals surface area contributed by atoms with E-state index in [-0.39, 0.29) is 13.0 Å². The Morgan fingerprint density at radius 1 is 1.27 bits per heavy atom. The molecule has 7 nitrogen and oxygen atoms in total. The van der Waals surface area contributed by atoms with Gasteiger partial charge in [-0.3, -0.25) is 14.3 Å². The van der Waals surface area contributed by atoms with Gasteiger partial charge in [0.15, 0.2) is 5.82 Å². The van der Waals surface area contributed by atoms with Crippen molar-refractivity contribution in [2.45, 2.75) is 33.7 Å². The summed E-state index contributed by atoms with van der Waals surface area (Å²) in [5.41, 5.74) is 2.03. The molecular weight excluding hydrogens is 328 g/mol. The summed E-state index contributed by atoms with van der Waals surface area (Å²) < 4.78 is 1.81. The standard InChI is InChI=1S/C18H18N6O.CH4/c1-5-17(25)21-12-6-7-13-14(8-12)24(11-20-13)16-10-19-9-15(22-16)23-18(2,3)4;/h1,6-11H,2-4H3,(H,21,25)(H,22,23);1H4. The highest BCUT2D eigenvalue weighted by Gasteiger charge is 2.12. The van der Waals surface area contributed by atoms with E-state index in [0.29, 0.717) is 17.3 Å². The minimum absolute atomic E-state index is 0. The van der Waals surface area contributed by atoms with Gasteiger partial charge in [-0.05, 0) is 44.9 Å². The second-order valence-electron chi connectivity index (χ2n) is 6.55. The maximum absolute atomic E-state index is 11.4. The number of hydrogen-bond acceptors (Lipinski definition) is 5. The molecule has 134 valence electrons. The molecule has 1 amide bonds. The lowest BCUT2D eigenvalue weighted by atomic mass is 10.1. The zero-order valence-electron chi connectivity index (χ0n) is 14.2. The van der Waals surface area contributed by atoms with Crippen molar-refractivity contribution < 1.29 is 4.79 Å². The second kappa shape index (κ2) is 7.23. The molecule has 2 N–H and O–H groups in total. The summed E-state index contributed by atoms with van der Waals surface area (Å²) in [5.74, 6) is 2.82. The van der Waals surface area contributed by atoms with E-state index in [9.17, 15) is 4.79 Å². The summed E-state index contributed by atoms with van der Waals surface area (Å²) in [5, 5.41) is 5.92. The largest absolute Gasteiger partial charge is 0.364 e. The van der Waals surface area contributed by atoms with Crippen molar-refractivity contribution in [2.24, 2.45) is 0 Å². The smallest absolute Gasteiger partial charge is 0.300 e. The van der Waals surface area contributed by atoms with Crippen LogP contribution in [0.2, 0.25) is 0 Å². The number of aromatic nitrogens is 4. The number of hydrogen-bond donors (Lipinski definition) is 2. The molecule has 1 aromatic carbocycles. The normalized spacial score (nSPS) is 10.7. The van der Waals surface area contributed by atoms with E-state index in [1.54, 1.807) is 30.9 Å². The lowest BCUT2D eigenvalue weighted by molar-refractivity contribution is -0.111. The van der Waals surface area contributed by atoms with Gasteiger partial charge in [-0.2, -0.15) is 0 Å². The minimum atomic E-state index is -0.499. The van der Waals surface area contributed by atoms with Crippen LogP contribution in [0.5, 0.6) is 0 Å². The van der Waals surface area contributed by atoms with E-state index >= 15 is 0 Å². The summed E-state index contributed by atoms with van der Waals surface area (Å²) in [6, 6.07) is 5.35. The van der Waals surface area contributed by atoms with Crippen molar-refractivity contribution in [1.82, 2.24) is 19.5 Å². The first kappa shape index (κ1) is 18.9. The van der Waals surface area contributed by atoms with Crippen LogP contribution < -0.4 is 10.6 Å². The first-order chi connectivity index (χ1) is 11.9. The fraction of sp³-hybridized carbons (Fsp3) is 0.263. The van der Waals surface area contributed by atoms with Gasteiger partial charge in [-0.15, -0.1) is 6.42 Å². The van der Waals surface area contributed by atoms with Gasteiger partial charge in [-0.25, -0.2) is 9.97 Å². The number of terminal acetylenes is 1. The number of fused-ring (bicyclic) bond motifs is 1. The van der Waals surface area contributed by atoms with Gasteiger partial charge in [0.2, 0.25) is 0 Å². The Morgan fingerprint density at radius 2 is 2.04 bits per heavy atom. The van der Waals surface area contributed by atoms with Gasteiger partial charge < -0.3 is 10.6 Å². The molecule has 0 fully saturated rings. The summed E-state index contributed by atoms with van der Waals surface area (Å²) in [7, 11) is 0. The zero-order chi connectivity index (χ0) is 18.0. The highest BCUT2D eigenvalue weighted by atomic mass is 16.1. The van der Waals surface area contributed by atoms with Crippen LogP contribution in [0.3, 0.4) is 0 Å². The number of benzene rings is 1. The number of nitrogens with one attached hydrogen (secondary N) is 2. The SMILES string of the molecule is C.C#CC(=O)Nc1ccc2ncn(-c3cncc(NC(C)(C)C)n3)c2c1. The second-order valence-corrected chi connectivity index (χ2v) is 6.55. The third-order valence-corrected chi connectivity index (χ3v) is 3.31. The molecule has 2 aromatic heterocycles. The number of amides is 1. The van der Waals surface area contributed by atoms with Crippen LogP contribution in [0.1, 0.15) is 28.2 Å². The van der Waals surface area contributed by atoms with Gasteiger partial charge >= 0.3 is 0 Å². The van der Waals surface area contributed by atoms with Crippen molar-refractivity contribution in [3.8, 4) is 18.2 Å². The summed E-state index contributed by atoms with van der Waals surface area (Å²) in [6.45, 7) is 6.15. The quantitative estimate of drug-likeness (QED) is 0.709. The molecule has 0 aliphatic carbocycles. The zero-order valence-corrected chi connectivity index (χ0v) is 14.2. The lowest BCUT2D eigenvalue weighted by Crippen LogP contribution is -2.26. The van der Waals surface area contributed by atoms with Gasteiger partial charge in [0.05, 0.1) is 23.4 Å². The summed E-state index contributed by atoms with van der Waals surface area (Å²) in [6.07, 6.45) is 10.1. The molecule has 0 saturated heterocycles. The number of nitrogens with zero attached hydrogens (tertiary/aromatic N) is 4. The average Bonchev–Trinajstić information content (AvgIpc) is 2.96. The fourth-order valence-electron chi connectivity index (χ4n) is 2.35. The van der Waals surface area contributed by atoms with Crippen molar-refractivity contribution >= 4 is 28.4 Å². The first-order valence-electron chi connectivity index (χ1n) is 7.71. The number of carbonyl (C=O) groups is 1. The van der Waals surface area contributed by atoms with Crippen LogP contribution in [0.4, 0.5) is 11.5 Å². The highest BCUT2D eigenvalue weighted by molar-refractivity contribution is 6.04. The van der Waals surface area contributed by atoms with Gasteiger partial charge in [0, 0.05) is 11.2 Å². The molecule has 0 radical (unpaired) electrons. The molecule has 0 atom stereocenters. The van der Waals surface area contributed by atoms with Gasteiger partial charge in [0.25, 0.3) is 5.91 Å². The molecule has 3 rings (SSSR count). The molecule has 7 heteroatoms. The third-order valence-electron chi connectivity index (χ3n) is 3.31. The molecule has 0 aliphatic heterocycles. The summed E-state index contributed by atoms with van der Waals surface area (Å²) >= 11 is 0. The predicted molar refractivity (Wildman–Crippen MR) is 104 cm³/mol. The van der Waals surface area contributed by atoms with E-state index in [1.165, 1.54) is 0 Å². The van der Waals surface area contributed by atoms with Crippen LogP contribution in [0, 0.1) is 12.3 Å². The first-order valence-corrected chi connectivity index (χ1v) is 7.71. The van der Waals surface area contributed by atoms with Crippen LogP contribution >= 0.6 is 0 Å². The molecule has 0 bridgehead atoms. The molecule has 26 heavy (non-hydrogen) atoms. The van der Waals surface area contributed by atoms with E-state index in [2.05, 4.69) is 46.4 Å². The molecular formula is C19H22N6O. The average molecular weight is 350 g/mol. The fourth-order valence-corrected chi connectivity index (χ4v) is 2.35. The molecule has 2 heterocycles. The van der Waals surface area contributed by atoms with E-state index in [1.807, 2.05) is 16.6 Å². The van der Waals surface area contributed by atoms with E-state index < -0.39 is 5.91 Å². The van der Waals surface area contributed by atoms with Crippen molar-refractivity contribution in [1.29, 1.82) is 0 Å². The topological polar surface area (TPSA) is 84.7 Å². The maximum atomic E-state index is 11.4.